The number of carbonyl (C=O) groups is 2. The summed E-state index contributed by atoms with van der Waals surface area (Å²) in [6.07, 6.45) is 4.82. The molecular formula is C25H32N4O2. The molecule has 0 spiro atoms. The van der Waals surface area contributed by atoms with Crippen molar-refractivity contribution < 1.29 is 9.59 Å². The average molecular weight is 421 g/mol. The Morgan fingerprint density at radius 3 is 2.19 bits per heavy atom. The van der Waals surface area contributed by atoms with Gasteiger partial charge in [0.2, 0.25) is 0 Å². The standard InChI is InChI=1S/C25H32N4O2/c1-25(2,3)27-24(31)28-12-13-29-19(14-28)21(23(26)30)20(22(29)18-10-11-18)17-8-6-16(7-9-17)15-4-5-15/h6-9,15,18H,4-5,10-14H2,1-3H3,(H2,26,30)(H,27,31). The third kappa shape index (κ3) is 3.84. The first-order valence-corrected chi connectivity index (χ1v) is 11.5. The number of urea groups is 1. The molecule has 2 fully saturated rings. The summed E-state index contributed by atoms with van der Waals surface area (Å²) in [7, 11) is 0. The van der Waals surface area contributed by atoms with E-state index in [1.54, 1.807) is 4.90 Å². The van der Waals surface area contributed by atoms with E-state index in [0.717, 1.165) is 29.7 Å². The molecule has 5 rings (SSSR count). The van der Waals surface area contributed by atoms with E-state index in [0.29, 0.717) is 37.0 Å². The molecule has 1 aromatic heterocycles. The van der Waals surface area contributed by atoms with Crippen molar-refractivity contribution in [1.29, 1.82) is 0 Å². The fraction of sp³-hybridized carbons (Fsp3) is 0.520. The van der Waals surface area contributed by atoms with Crippen LogP contribution in [0.25, 0.3) is 11.1 Å². The molecule has 6 heteroatoms. The van der Waals surface area contributed by atoms with Gasteiger partial charge < -0.3 is 20.5 Å². The van der Waals surface area contributed by atoms with Crippen LogP contribution in [-0.2, 0) is 13.1 Å². The van der Waals surface area contributed by atoms with E-state index in [2.05, 4.69) is 34.1 Å². The minimum Gasteiger partial charge on any atom is -0.366 e. The normalized spacial score (nSPS) is 18.6. The number of nitrogens with one attached hydrogen (secondary N) is 1. The number of nitrogens with two attached hydrogens (primary N) is 1. The summed E-state index contributed by atoms with van der Waals surface area (Å²) in [5.41, 5.74) is 11.8. The monoisotopic (exact) mass is 420 g/mol. The van der Waals surface area contributed by atoms with E-state index in [4.69, 9.17) is 5.73 Å². The molecule has 0 saturated heterocycles. The highest BCUT2D eigenvalue weighted by atomic mass is 16.2. The van der Waals surface area contributed by atoms with Crippen molar-refractivity contribution in [3.05, 3.63) is 46.8 Å². The number of carbonyl (C=O) groups excluding carboxylic acids is 2. The van der Waals surface area contributed by atoms with Gasteiger partial charge in [0.1, 0.15) is 0 Å². The zero-order chi connectivity index (χ0) is 21.9. The van der Waals surface area contributed by atoms with Gasteiger partial charge in [0.05, 0.1) is 17.8 Å². The van der Waals surface area contributed by atoms with Crippen molar-refractivity contribution in [2.75, 3.05) is 6.54 Å². The van der Waals surface area contributed by atoms with Gasteiger partial charge in [-0.1, -0.05) is 24.3 Å². The number of aromatic nitrogens is 1. The largest absolute Gasteiger partial charge is 0.366 e. The van der Waals surface area contributed by atoms with E-state index in [1.165, 1.54) is 24.1 Å². The van der Waals surface area contributed by atoms with Crippen LogP contribution in [0.2, 0.25) is 0 Å². The highest BCUT2D eigenvalue weighted by molar-refractivity contribution is 6.02. The van der Waals surface area contributed by atoms with Crippen LogP contribution in [-0.4, -0.2) is 33.5 Å². The number of amides is 3. The minimum absolute atomic E-state index is 0.0984. The molecule has 3 aliphatic rings. The lowest BCUT2D eigenvalue weighted by atomic mass is 9.96. The Morgan fingerprint density at radius 2 is 1.65 bits per heavy atom. The Hall–Kier alpha value is -2.76. The summed E-state index contributed by atoms with van der Waals surface area (Å²) < 4.78 is 2.28. The molecule has 3 amide bonds. The quantitative estimate of drug-likeness (QED) is 0.772. The third-order valence-electron chi connectivity index (χ3n) is 6.57. The second-order valence-electron chi connectivity index (χ2n) is 10.4. The molecule has 1 aliphatic heterocycles. The summed E-state index contributed by atoms with van der Waals surface area (Å²) in [5, 5.41) is 3.04. The molecule has 0 radical (unpaired) electrons. The number of benzene rings is 1. The summed E-state index contributed by atoms with van der Waals surface area (Å²) >= 11 is 0. The number of rotatable bonds is 4. The summed E-state index contributed by atoms with van der Waals surface area (Å²) in [6, 6.07) is 8.61. The molecule has 6 nitrogen and oxygen atoms in total. The summed E-state index contributed by atoms with van der Waals surface area (Å²) in [5.74, 6) is 0.764. The zero-order valence-electron chi connectivity index (χ0n) is 18.7. The molecule has 31 heavy (non-hydrogen) atoms. The number of hydrogen-bond donors (Lipinski definition) is 2. The number of primary amides is 1. The van der Waals surface area contributed by atoms with Gasteiger partial charge in [-0.25, -0.2) is 4.79 Å². The van der Waals surface area contributed by atoms with E-state index in [9.17, 15) is 9.59 Å². The molecule has 2 aromatic rings. The Bertz CT molecular complexity index is 1040. The fourth-order valence-electron chi connectivity index (χ4n) is 4.84. The maximum Gasteiger partial charge on any atom is 0.318 e. The number of nitrogens with zero attached hydrogens (tertiary/aromatic N) is 2. The third-order valence-corrected chi connectivity index (χ3v) is 6.57. The lowest BCUT2D eigenvalue weighted by Gasteiger charge is -2.33. The Kier molecular flexibility index (Phi) is 4.65. The van der Waals surface area contributed by atoms with Crippen molar-refractivity contribution in [1.82, 2.24) is 14.8 Å². The van der Waals surface area contributed by atoms with Crippen LogP contribution in [0.5, 0.6) is 0 Å². The maximum atomic E-state index is 12.8. The van der Waals surface area contributed by atoms with Crippen molar-refractivity contribution in [3.63, 3.8) is 0 Å². The van der Waals surface area contributed by atoms with Crippen molar-refractivity contribution in [2.24, 2.45) is 5.73 Å². The van der Waals surface area contributed by atoms with Crippen LogP contribution in [0.4, 0.5) is 4.79 Å². The summed E-state index contributed by atoms with van der Waals surface area (Å²) in [4.78, 5) is 27.3. The Morgan fingerprint density at radius 1 is 1.00 bits per heavy atom. The van der Waals surface area contributed by atoms with Crippen LogP contribution < -0.4 is 11.1 Å². The fourth-order valence-corrected chi connectivity index (χ4v) is 4.84. The van der Waals surface area contributed by atoms with Gasteiger partial charge in [-0.3, -0.25) is 4.79 Å². The van der Waals surface area contributed by atoms with Gasteiger partial charge in [0.15, 0.2) is 0 Å². The van der Waals surface area contributed by atoms with Gasteiger partial charge in [-0.2, -0.15) is 0 Å². The molecule has 3 N–H and O–H groups in total. The number of fused-ring (bicyclic) bond motifs is 1. The average Bonchev–Trinajstić information content (AvgIpc) is 3.62. The van der Waals surface area contributed by atoms with Crippen molar-refractivity contribution >= 4 is 11.9 Å². The molecule has 2 heterocycles. The maximum absolute atomic E-state index is 12.8. The molecule has 0 atom stereocenters. The van der Waals surface area contributed by atoms with Gasteiger partial charge in [-0.05, 0) is 69.4 Å². The molecule has 2 saturated carbocycles. The smallest absolute Gasteiger partial charge is 0.318 e. The zero-order valence-corrected chi connectivity index (χ0v) is 18.7. The highest BCUT2D eigenvalue weighted by Gasteiger charge is 2.38. The van der Waals surface area contributed by atoms with Crippen LogP contribution >= 0.6 is 0 Å². The summed E-state index contributed by atoms with van der Waals surface area (Å²) in [6.45, 7) is 7.64. The van der Waals surface area contributed by atoms with E-state index in [1.807, 2.05) is 20.8 Å². The first-order chi connectivity index (χ1) is 14.7. The van der Waals surface area contributed by atoms with Crippen LogP contribution in [0.3, 0.4) is 0 Å². The lowest BCUT2D eigenvalue weighted by molar-refractivity contribution is 0.0997. The SMILES string of the molecule is CC(C)(C)NC(=O)N1CCn2c(c(C(N)=O)c(-c3ccc(C4CC4)cc3)c2C2CC2)C1. The molecule has 0 unspecified atom stereocenters. The van der Waals surface area contributed by atoms with Gasteiger partial charge in [0, 0.05) is 29.9 Å². The lowest BCUT2D eigenvalue weighted by Crippen LogP contribution is -2.50. The minimum atomic E-state index is -0.407. The van der Waals surface area contributed by atoms with Crippen LogP contribution in [0.1, 0.15) is 85.6 Å². The first-order valence-electron chi connectivity index (χ1n) is 11.5. The molecule has 2 aliphatic carbocycles. The first kappa shape index (κ1) is 20.2. The molecular weight excluding hydrogens is 388 g/mol. The molecule has 1 aromatic carbocycles. The van der Waals surface area contributed by atoms with Gasteiger partial charge in [-0.15, -0.1) is 0 Å². The van der Waals surface area contributed by atoms with Crippen molar-refractivity contribution in [3.8, 4) is 11.1 Å². The molecule has 164 valence electrons. The van der Waals surface area contributed by atoms with Gasteiger partial charge >= 0.3 is 6.03 Å². The van der Waals surface area contributed by atoms with Gasteiger partial charge in [0.25, 0.3) is 5.91 Å². The van der Waals surface area contributed by atoms with Crippen LogP contribution in [0.15, 0.2) is 24.3 Å². The second-order valence-corrected chi connectivity index (χ2v) is 10.4. The second kappa shape index (κ2) is 7.14. The van der Waals surface area contributed by atoms with Crippen LogP contribution in [0, 0.1) is 0 Å². The predicted molar refractivity (Wildman–Crippen MR) is 121 cm³/mol. The Balaban J connectivity index is 1.56. The molecule has 0 bridgehead atoms. The Labute approximate surface area is 183 Å². The van der Waals surface area contributed by atoms with E-state index >= 15 is 0 Å². The van der Waals surface area contributed by atoms with Crippen molar-refractivity contribution in [2.45, 2.75) is 76.9 Å². The highest BCUT2D eigenvalue weighted by Crippen LogP contribution is 2.49. The number of hydrogen-bond acceptors (Lipinski definition) is 2. The topological polar surface area (TPSA) is 80.4 Å². The van der Waals surface area contributed by atoms with E-state index in [-0.39, 0.29) is 11.6 Å². The van der Waals surface area contributed by atoms with E-state index < -0.39 is 5.91 Å². The predicted octanol–water partition coefficient (Wildman–Crippen LogP) is 4.33.